The van der Waals surface area contributed by atoms with Crippen LogP contribution in [0.15, 0.2) is 12.1 Å². The lowest BCUT2D eigenvalue weighted by Gasteiger charge is -2.22. The minimum Gasteiger partial charge on any atom is -0.299 e. The van der Waals surface area contributed by atoms with E-state index in [4.69, 9.17) is 0 Å². The second-order valence-corrected chi connectivity index (χ2v) is 7.54. The Kier molecular flexibility index (Phi) is 4.36. The number of ketones is 1. The Morgan fingerprint density at radius 3 is 2.15 bits per heavy atom. The maximum Gasteiger partial charge on any atom is 0.137 e. The van der Waals surface area contributed by atoms with Gasteiger partial charge in [0, 0.05) is 12.8 Å². The third-order valence-corrected chi connectivity index (χ3v) is 4.46. The van der Waals surface area contributed by atoms with Crippen molar-refractivity contribution in [2.75, 3.05) is 0 Å². The molecule has 1 saturated carbocycles. The molecule has 2 rings (SSSR count). The van der Waals surface area contributed by atoms with Gasteiger partial charge in [-0.05, 0) is 53.9 Å². The first-order valence-electron chi connectivity index (χ1n) is 7.89. The van der Waals surface area contributed by atoms with E-state index in [2.05, 4.69) is 46.8 Å². The molecule has 0 spiro atoms. The Hall–Kier alpha value is -1.11. The number of hydrogen-bond acceptors (Lipinski definition) is 1. The molecule has 0 unspecified atom stereocenters. The Balaban J connectivity index is 2.09. The van der Waals surface area contributed by atoms with Crippen LogP contribution in [0.3, 0.4) is 0 Å². The van der Waals surface area contributed by atoms with Crippen LogP contribution in [0.25, 0.3) is 0 Å². The van der Waals surface area contributed by atoms with Gasteiger partial charge in [-0.15, -0.1) is 0 Å². The summed E-state index contributed by atoms with van der Waals surface area (Å²) in [7, 11) is 0. The third-order valence-electron chi connectivity index (χ3n) is 4.46. The number of hydrogen-bond donors (Lipinski definition) is 0. The van der Waals surface area contributed by atoms with Crippen LogP contribution in [0.1, 0.15) is 68.7 Å². The van der Waals surface area contributed by atoms with Crippen molar-refractivity contribution >= 4 is 5.78 Å². The molecule has 1 fully saturated rings. The van der Waals surface area contributed by atoms with E-state index in [0.717, 1.165) is 18.8 Å². The summed E-state index contributed by atoms with van der Waals surface area (Å²) in [5.74, 6) is 1.26. The molecule has 20 heavy (non-hydrogen) atoms. The Morgan fingerprint density at radius 2 is 1.70 bits per heavy atom. The zero-order valence-electron chi connectivity index (χ0n) is 13.7. The van der Waals surface area contributed by atoms with Gasteiger partial charge >= 0.3 is 0 Å². The number of benzene rings is 1. The van der Waals surface area contributed by atoms with E-state index in [1.165, 1.54) is 35.1 Å². The van der Waals surface area contributed by atoms with E-state index in [9.17, 15) is 4.79 Å². The normalized spacial score (nSPS) is 15.4. The fourth-order valence-electron chi connectivity index (χ4n) is 2.76. The second kappa shape index (κ2) is 5.71. The van der Waals surface area contributed by atoms with Gasteiger partial charge in [0.25, 0.3) is 0 Å². The van der Waals surface area contributed by atoms with E-state index in [1.807, 2.05) is 0 Å². The zero-order valence-corrected chi connectivity index (χ0v) is 13.7. The van der Waals surface area contributed by atoms with Crippen LogP contribution in [0.4, 0.5) is 0 Å². The van der Waals surface area contributed by atoms with Crippen molar-refractivity contribution < 1.29 is 4.79 Å². The molecule has 1 aromatic rings. The van der Waals surface area contributed by atoms with E-state index in [1.54, 1.807) is 0 Å². The lowest BCUT2D eigenvalue weighted by molar-refractivity contribution is -0.118. The minimum atomic E-state index is 0.171. The Labute approximate surface area is 123 Å². The van der Waals surface area contributed by atoms with Gasteiger partial charge in [0.05, 0.1) is 0 Å². The highest BCUT2D eigenvalue weighted by atomic mass is 16.1. The molecule has 0 aliphatic heterocycles. The van der Waals surface area contributed by atoms with Gasteiger partial charge in [-0.2, -0.15) is 0 Å². The fraction of sp³-hybridized carbons (Fsp3) is 0.632. The van der Waals surface area contributed by atoms with Crippen LogP contribution >= 0.6 is 0 Å². The molecule has 110 valence electrons. The van der Waals surface area contributed by atoms with Crippen LogP contribution in [-0.2, 0) is 16.6 Å². The SMILES string of the molecule is Cc1cc(C(C)(C)C)cc(C)c1CC(=O)CCC1CC1. The monoisotopic (exact) mass is 272 g/mol. The van der Waals surface area contributed by atoms with Crippen LogP contribution < -0.4 is 0 Å². The van der Waals surface area contributed by atoms with Gasteiger partial charge in [-0.1, -0.05) is 45.7 Å². The summed E-state index contributed by atoms with van der Waals surface area (Å²) >= 11 is 0. The summed E-state index contributed by atoms with van der Waals surface area (Å²) in [5, 5.41) is 0. The molecule has 1 aromatic carbocycles. The topological polar surface area (TPSA) is 17.1 Å². The average Bonchev–Trinajstić information content (AvgIpc) is 3.13. The van der Waals surface area contributed by atoms with Crippen molar-refractivity contribution in [1.82, 2.24) is 0 Å². The molecular formula is C19H28O. The third kappa shape index (κ3) is 3.94. The van der Waals surface area contributed by atoms with E-state index < -0.39 is 0 Å². The van der Waals surface area contributed by atoms with Crippen molar-refractivity contribution in [2.24, 2.45) is 5.92 Å². The Bertz CT molecular complexity index is 478. The molecule has 0 heterocycles. The Morgan fingerprint density at radius 1 is 1.15 bits per heavy atom. The summed E-state index contributed by atoms with van der Waals surface area (Å²) in [4.78, 5) is 12.1. The number of Topliss-reactive ketones (excluding diaryl/α,β-unsaturated/α-hetero) is 1. The average molecular weight is 272 g/mol. The molecule has 0 saturated heterocycles. The number of rotatable bonds is 5. The molecular weight excluding hydrogens is 244 g/mol. The molecule has 1 aliphatic carbocycles. The van der Waals surface area contributed by atoms with E-state index in [-0.39, 0.29) is 5.41 Å². The molecule has 1 nitrogen and oxygen atoms in total. The highest BCUT2D eigenvalue weighted by molar-refractivity contribution is 5.81. The number of aryl methyl sites for hydroxylation is 2. The van der Waals surface area contributed by atoms with Crippen molar-refractivity contribution in [1.29, 1.82) is 0 Å². The van der Waals surface area contributed by atoms with Crippen molar-refractivity contribution in [3.05, 3.63) is 34.4 Å². The summed E-state index contributed by atoms with van der Waals surface area (Å²) < 4.78 is 0. The first-order chi connectivity index (χ1) is 9.27. The molecule has 0 amide bonds. The molecule has 1 heteroatoms. The highest BCUT2D eigenvalue weighted by Gasteiger charge is 2.22. The fourth-order valence-corrected chi connectivity index (χ4v) is 2.76. The van der Waals surface area contributed by atoms with Crippen LogP contribution in [0.2, 0.25) is 0 Å². The smallest absolute Gasteiger partial charge is 0.137 e. The second-order valence-electron chi connectivity index (χ2n) is 7.54. The van der Waals surface area contributed by atoms with Gasteiger partial charge in [0.2, 0.25) is 0 Å². The van der Waals surface area contributed by atoms with Crippen LogP contribution in [-0.4, -0.2) is 5.78 Å². The standard InChI is InChI=1S/C19H28O/c1-13-10-16(19(3,4)5)11-14(2)18(13)12-17(20)9-8-15-6-7-15/h10-11,15H,6-9,12H2,1-5H3. The molecule has 0 aromatic heterocycles. The molecule has 0 atom stereocenters. The van der Waals surface area contributed by atoms with Gasteiger partial charge in [-0.25, -0.2) is 0 Å². The van der Waals surface area contributed by atoms with Crippen molar-refractivity contribution in [3.8, 4) is 0 Å². The first kappa shape index (κ1) is 15.3. The molecule has 0 N–H and O–H groups in total. The summed E-state index contributed by atoms with van der Waals surface area (Å²) in [6.07, 6.45) is 5.17. The maximum atomic E-state index is 12.1. The van der Waals surface area contributed by atoms with Crippen LogP contribution in [0.5, 0.6) is 0 Å². The predicted octanol–water partition coefficient (Wildman–Crippen LogP) is 4.90. The summed E-state index contributed by atoms with van der Waals surface area (Å²) in [6, 6.07) is 4.52. The van der Waals surface area contributed by atoms with Crippen LogP contribution in [0, 0.1) is 19.8 Å². The van der Waals surface area contributed by atoms with Gasteiger partial charge in [0.15, 0.2) is 0 Å². The lowest BCUT2D eigenvalue weighted by Crippen LogP contribution is -2.13. The van der Waals surface area contributed by atoms with Crippen molar-refractivity contribution in [2.45, 2.75) is 72.1 Å². The molecule has 1 aliphatic rings. The van der Waals surface area contributed by atoms with Crippen molar-refractivity contribution in [3.63, 3.8) is 0 Å². The largest absolute Gasteiger partial charge is 0.299 e. The number of carbonyl (C=O) groups is 1. The van der Waals surface area contributed by atoms with Gasteiger partial charge < -0.3 is 0 Å². The van der Waals surface area contributed by atoms with Gasteiger partial charge in [-0.3, -0.25) is 4.79 Å². The number of carbonyl (C=O) groups excluding carboxylic acids is 1. The first-order valence-corrected chi connectivity index (χ1v) is 7.89. The highest BCUT2D eigenvalue weighted by Crippen LogP contribution is 2.34. The predicted molar refractivity (Wildman–Crippen MR) is 85.3 cm³/mol. The maximum absolute atomic E-state index is 12.1. The zero-order chi connectivity index (χ0) is 14.9. The quantitative estimate of drug-likeness (QED) is 0.745. The van der Waals surface area contributed by atoms with E-state index in [0.29, 0.717) is 12.2 Å². The molecule has 0 radical (unpaired) electrons. The van der Waals surface area contributed by atoms with E-state index >= 15 is 0 Å². The summed E-state index contributed by atoms with van der Waals surface area (Å²) in [6.45, 7) is 11.0. The lowest BCUT2D eigenvalue weighted by atomic mass is 9.83. The minimum absolute atomic E-state index is 0.171. The summed E-state index contributed by atoms with van der Waals surface area (Å²) in [5.41, 5.74) is 5.33. The van der Waals surface area contributed by atoms with Gasteiger partial charge in [0.1, 0.15) is 5.78 Å². The molecule has 0 bridgehead atoms.